The Morgan fingerprint density at radius 2 is 1.82 bits per heavy atom. The van der Waals surface area contributed by atoms with Gasteiger partial charge in [-0.25, -0.2) is 4.98 Å². The van der Waals surface area contributed by atoms with Crippen LogP contribution in [0.5, 0.6) is 0 Å². The minimum Gasteiger partial charge on any atom is -0.379 e. The van der Waals surface area contributed by atoms with Gasteiger partial charge in [0.2, 0.25) is 11.9 Å². The molecule has 2 heterocycles. The highest BCUT2D eigenvalue weighted by atomic mass is 32.2. The largest absolute Gasteiger partial charge is 0.379 e. The van der Waals surface area contributed by atoms with E-state index in [4.69, 9.17) is 16.2 Å². The van der Waals surface area contributed by atoms with E-state index < -0.39 is 0 Å². The first kappa shape index (κ1) is 20.0. The molecule has 9 nitrogen and oxygen atoms in total. The molecular weight excluding hydrogens is 378 g/mol. The quantitative estimate of drug-likeness (QED) is 0.329. The number of benzene rings is 1. The zero-order valence-corrected chi connectivity index (χ0v) is 16.6. The number of nitrogen functional groups attached to an aromatic ring is 2. The van der Waals surface area contributed by atoms with Gasteiger partial charge in [0.15, 0.2) is 5.16 Å². The second-order valence-electron chi connectivity index (χ2n) is 6.40. The minimum atomic E-state index is -0.0766. The molecule has 0 saturated carbocycles. The minimum absolute atomic E-state index is 0.0674. The maximum Gasteiger partial charge on any atom is 0.262 e. The summed E-state index contributed by atoms with van der Waals surface area (Å²) >= 11 is 1.36. The molecule has 0 bridgehead atoms. The molecule has 1 aromatic carbocycles. The number of anilines is 2. The van der Waals surface area contributed by atoms with Crippen molar-refractivity contribution in [3.05, 3.63) is 40.4 Å². The van der Waals surface area contributed by atoms with Crippen molar-refractivity contribution in [2.75, 3.05) is 18.1 Å². The van der Waals surface area contributed by atoms with Crippen LogP contribution in [0.4, 0.5) is 11.9 Å². The van der Waals surface area contributed by atoms with Crippen molar-refractivity contribution in [2.45, 2.75) is 43.8 Å². The Labute approximate surface area is 166 Å². The maximum atomic E-state index is 13.0. The van der Waals surface area contributed by atoms with Crippen LogP contribution in [0.1, 0.15) is 26.1 Å². The third kappa shape index (κ3) is 4.96. The van der Waals surface area contributed by atoms with E-state index in [2.05, 4.69) is 19.9 Å². The van der Waals surface area contributed by atoms with Crippen LogP contribution in [-0.2, 0) is 17.0 Å². The molecule has 0 unspecified atom stereocenters. The molecule has 2 aromatic heterocycles. The third-order valence-corrected chi connectivity index (χ3v) is 4.82. The molecular formula is C18H23N7O2S. The van der Waals surface area contributed by atoms with Crippen LogP contribution < -0.4 is 17.0 Å². The normalized spacial score (nSPS) is 11.4. The van der Waals surface area contributed by atoms with Gasteiger partial charge in [0.25, 0.3) is 5.56 Å². The molecule has 0 spiro atoms. The van der Waals surface area contributed by atoms with Crippen LogP contribution in [0.15, 0.2) is 34.2 Å². The van der Waals surface area contributed by atoms with E-state index in [-0.39, 0.29) is 23.6 Å². The molecule has 0 saturated heterocycles. The van der Waals surface area contributed by atoms with Gasteiger partial charge < -0.3 is 16.2 Å². The van der Waals surface area contributed by atoms with Crippen molar-refractivity contribution in [1.82, 2.24) is 24.5 Å². The van der Waals surface area contributed by atoms with E-state index in [0.29, 0.717) is 47.2 Å². The lowest BCUT2D eigenvalue weighted by molar-refractivity contribution is 0.0743. The first-order valence-electron chi connectivity index (χ1n) is 8.94. The lowest BCUT2D eigenvalue weighted by Crippen LogP contribution is -2.24. The fourth-order valence-corrected chi connectivity index (χ4v) is 3.53. The Morgan fingerprint density at radius 3 is 2.54 bits per heavy atom. The number of hydrogen-bond acceptors (Lipinski definition) is 9. The first-order valence-corrected chi connectivity index (χ1v) is 9.92. The van der Waals surface area contributed by atoms with E-state index in [1.54, 1.807) is 10.6 Å². The zero-order chi connectivity index (χ0) is 20.1. The van der Waals surface area contributed by atoms with Gasteiger partial charge in [-0.1, -0.05) is 23.9 Å². The summed E-state index contributed by atoms with van der Waals surface area (Å²) < 4.78 is 7.26. The monoisotopic (exact) mass is 401 g/mol. The second-order valence-corrected chi connectivity index (χ2v) is 7.34. The van der Waals surface area contributed by atoms with Gasteiger partial charge in [-0.3, -0.25) is 9.36 Å². The highest BCUT2D eigenvalue weighted by molar-refractivity contribution is 7.98. The average Bonchev–Trinajstić information content (AvgIpc) is 2.64. The lowest BCUT2D eigenvalue weighted by atomic mass is 10.2. The summed E-state index contributed by atoms with van der Waals surface area (Å²) in [6.45, 7) is 5.04. The molecule has 3 aromatic rings. The molecule has 0 aliphatic carbocycles. The highest BCUT2D eigenvalue weighted by Crippen LogP contribution is 2.21. The van der Waals surface area contributed by atoms with Gasteiger partial charge in [0, 0.05) is 13.2 Å². The highest BCUT2D eigenvalue weighted by Gasteiger charge is 2.13. The van der Waals surface area contributed by atoms with Crippen molar-refractivity contribution in [3.8, 4) is 0 Å². The number of ether oxygens (including phenoxy) is 1. The zero-order valence-electron chi connectivity index (χ0n) is 15.8. The van der Waals surface area contributed by atoms with Gasteiger partial charge >= 0.3 is 0 Å². The summed E-state index contributed by atoms with van der Waals surface area (Å²) in [4.78, 5) is 29.6. The predicted molar refractivity (Wildman–Crippen MR) is 110 cm³/mol. The number of thioether (sulfide) groups is 1. The third-order valence-electron chi connectivity index (χ3n) is 3.85. The SMILES string of the molecule is CC(C)OCCCn1c(SCc2nc(N)nc(N)n2)nc2ccccc2c1=O. The van der Waals surface area contributed by atoms with Gasteiger partial charge in [-0.2, -0.15) is 15.0 Å². The predicted octanol–water partition coefficient (Wildman–Crippen LogP) is 1.85. The van der Waals surface area contributed by atoms with Crippen molar-refractivity contribution in [1.29, 1.82) is 0 Å². The molecule has 4 N–H and O–H groups in total. The molecule has 10 heteroatoms. The van der Waals surface area contributed by atoms with Crippen LogP contribution in [-0.4, -0.2) is 37.2 Å². The molecule has 0 aliphatic rings. The molecule has 3 rings (SSSR count). The number of aromatic nitrogens is 5. The average molecular weight is 401 g/mol. The molecule has 28 heavy (non-hydrogen) atoms. The van der Waals surface area contributed by atoms with Crippen LogP contribution in [0.25, 0.3) is 10.9 Å². The van der Waals surface area contributed by atoms with E-state index in [0.717, 1.165) is 0 Å². The van der Waals surface area contributed by atoms with Crippen molar-refractivity contribution < 1.29 is 4.74 Å². The summed E-state index contributed by atoms with van der Waals surface area (Å²) in [5, 5.41) is 1.18. The van der Waals surface area contributed by atoms with Crippen molar-refractivity contribution in [3.63, 3.8) is 0 Å². The van der Waals surface area contributed by atoms with Gasteiger partial charge in [0.05, 0.1) is 22.8 Å². The Bertz CT molecular complexity index is 1000. The summed E-state index contributed by atoms with van der Waals surface area (Å²) in [7, 11) is 0. The number of hydrogen-bond donors (Lipinski definition) is 2. The van der Waals surface area contributed by atoms with Gasteiger partial charge in [-0.05, 0) is 32.4 Å². The standard InChI is InChI=1S/C18H23N7O2S/c1-11(2)27-9-5-8-25-15(26)12-6-3-4-7-13(12)21-18(25)28-10-14-22-16(19)24-17(20)23-14/h3-4,6-7,11H,5,8-10H2,1-2H3,(H4,19,20,22,23,24). The Hall–Kier alpha value is -2.72. The number of rotatable bonds is 8. The number of nitrogens with two attached hydrogens (primary N) is 2. The van der Waals surface area contributed by atoms with Crippen LogP contribution in [0, 0.1) is 0 Å². The second kappa shape index (κ2) is 8.98. The molecule has 0 radical (unpaired) electrons. The Balaban J connectivity index is 1.87. The van der Waals surface area contributed by atoms with E-state index in [1.807, 2.05) is 32.0 Å². The van der Waals surface area contributed by atoms with E-state index in [1.165, 1.54) is 11.8 Å². The van der Waals surface area contributed by atoms with Crippen LogP contribution >= 0.6 is 11.8 Å². The van der Waals surface area contributed by atoms with Gasteiger partial charge in [0.1, 0.15) is 5.82 Å². The fraction of sp³-hybridized carbons (Fsp3) is 0.389. The molecule has 0 atom stereocenters. The van der Waals surface area contributed by atoms with E-state index in [9.17, 15) is 4.79 Å². The fourth-order valence-electron chi connectivity index (χ4n) is 2.65. The summed E-state index contributed by atoms with van der Waals surface area (Å²) in [6.07, 6.45) is 0.859. The summed E-state index contributed by atoms with van der Waals surface area (Å²) in [5.74, 6) is 0.937. The lowest BCUT2D eigenvalue weighted by Gasteiger charge is -2.14. The van der Waals surface area contributed by atoms with Crippen LogP contribution in [0.3, 0.4) is 0 Å². The Kier molecular flexibility index (Phi) is 6.42. The topological polar surface area (TPSA) is 135 Å². The van der Waals surface area contributed by atoms with Crippen molar-refractivity contribution in [2.24, 2.45) is 0 Å². The van der Waals surface area contributed by atoms with Gasteiger partial charge in [-0.15, -0.1) is 0 Å². The van der Waals surface area contributed by atoms with Crippen LogP contribution in [0.2, 0.25) is 0 Å². The number of para-hydroxylation sites is 1. The maximum absolute atomic E-state index is 13.0. The Morgan fingerprint density at radius 1 is 1.11 bits per heavy atom. The summed E-state index contributed by atoms with van der Waals surface area (Å²) in [6, 6.07) is 7.30. The van der Waals surface area contributed by atoms with Crippen molar-refractivity contribution >= 4 is 34.6 Å². The number of nitrogens with zero attached hydrogens (tertiary/aromatic N) is 5. The first-order chi connectivity index (χ1) is 13.4. The molecule has 0 aliphatic heterocycles. The molecule has 0 amide bonds. The summed E-state index contributed by atoms with van der Waals surface area (Å²) in [5.41, 5.74) is 11.8. The molecule has 0 fully saturated rings. The van der Waals surface area contributed by atoms with E-state index >= 15 is 0 Å². The number of fused-ring (bicyclic) bond motifs is 1. The smallest absolute Gasteiger partial charge is 0.262 e. The molecule has 148 valence electrons.